The van der Waals surface area contributed by atoms with Crippen LogP contribution in [0.25, 0.3) is 16.9 Å². The molecule has 3 heterocycles. The van der Waals surface area contributed by atoms with Gasteiger partial charge < -0.3 is 4.90 Å². The quantitative estimate of drug-likeness (QED) is 0.288. The minimum Gasteiger partial charge on any atom is -0.335 e. The van der Waals surface area contributed by atoms with Gasteiger partial charge in [0, 0.05) is 30.5 Å². The highest BCUT2D eigenvalue weighted by Crippen LogP contribution is 2.56. The van der Waals surface area contributed by atoms with Crippen molar-refractivity contribution in [3.63, 3.8) is 0 Å². The van der Waals surface area contributed by atoms with Gasteiger partial charge in [0.1, 0.15) is 16.5 Å². The second kappa shape index (κ2) is 11.5. The molecule has 2 fully saturated rings. The number of carbonyl (C=O) groups is 1. The van der Waals surface area contributed by atoms with E-state index < -0.39 is 39.2 Å². The molecule has 12 heteroatoms. The van der Waals surface area contributed by atoms with Gasteiger partial charge in [-0.25, -0.2) is 21.9 Å². The van der Waals surface area contributed by atoms with Gasteiger partial charge in [0.25, 0.3) is 11.5 Å². The largest absolute Gasteiger partial charge is 0.335 e. The van der Waals surface area contributed by atoms with E-state index in [0.717, 1.165) is 18.2 Å². The molecule has 2 aliphatic rings. The van der Waals surface area contributed by atoms with Crippen molar-refractivity contribution in [1.29, 1.82) is 0 Å². The maximum atomic E-state index is 16.3. The number of carbonyl (C=O) groups excluding carboxylic acids is 1. The summed E-state index contributed by atoms with van der Waals surface area (Å²) in [6.07, 6.45) is 3.21. The number of halogens is 3. The Labute approximate surface area is 264 Å². The summed E-state index contributed by atoms with van der Waals surface area (Å²) < 4.78 is 58.7. The predicted molar refractivity (Wildman–Crippen MR) is 169 cm³/mol. The Morgan fingerprint density at radius 3 is 2.38 bits per heavy atom. The van der Waals surface area contributed by atoms with Gasteiger partial charge in [-0.3, -0.25) is 19.1 Å². The molecule has 1 N–H and O–H groups in total. The van der Waals surface area contributed by atoms with E-state index in [1.165, 1.54) is 39.4 Å². The fourth-order valence-corrected chi connectivity index (χ4v) is 7.14. The van der Waals surface area contributed by atoms with Crippen LogP contribution in [-0.2, 0) is 10.0 Å². The Morgan fingerprint density at radius 2 is 1.71 bits per heavy atom. The lowest BCUT2D eigenvalue weighted by Crippen LogP contribution is -2.60. The first kappa shape index (κ1) is 31.1. The summed E-state index contributed by atoms with van der Waals surface area (Å²) in [6, 6.07) is 13.6. The van der Waals surface area contributed by atoms with Crippen molar-refractivity contribution in [2.45, 2.75) is 45.1 Å². The Hall–Kier alpha value is -3.93. The third-order valence-electron chi connectivity index (χ3n) is 8.49. The van der Waals surface area contributed by atoms with Crippen LogP contribution in [-0.4, -0.2) is 54.2 Å². The van der Waals surface area contributed by atoms with Gasteiger partial charge in [-0.05, 0) is 73.9 Å². The SMILES string of the molecule is Cc1ccc(C2C[C@H]2c2cc(C)n(-c3c(C)cnc(-c4cccc(C(=O)N5CC(NS(C)(=O)=O)C5)c4F)c3F)c(=O)c2Cl)cc1. The average molecular weight is 653 g/mol. The molecule has 4 aromatic rings. The molecular formula is C33H31ClF2N4O4S. The van der Waals surface area contributed by atoms with Crippen LogP contribution in [0.1, 0.15) is 56.6 Å². The van der Waals surface area contributed by atoms with Crippen molar-refractivity contribution in [3.8, 4) is 16.9 Å². The molecule has 1 aliphatic carbocycles. The molecule has 0 radical (unpaired) electrons. The monoisotopic (exact) mass is 652 g/mol. The van der Waals surface area contributed by atoms with Crippen molar-refractivity contribution in [2.75, 3.05) is 19.3 Å². The summed E-state index contributed by atoms with van der Waals surface area (Å²) in [5.74, 6) is -2.26. The number of aryl methyl sites for hydroxylation is 3. The summed E-state index contributed by atoms with van der Waals surface area (Å²) in [4.78, 5) is 32.2. The van der Waals surface area contributed by atoms with E-state index in [9.17, 15) is 18.0 Å². The van der Waals surface area contributed by atoms with Crippen molar-refractivity contribution in [1.82, 2.24) is 19.2 Å². The molecule has 6 rings (SSSR count). The number of amides is 1. The summed E-state index contributed by atoms with van der Waals surface area (Å²) in [5, 5.41) is 0.00867. The maximum absolute atomic E-state index is 16.3. The molecule has 2 aromatic carbocycles. The molecule has 0 spiro atoms. The highest BCUT2D eigenvalue weighted by molar-refractivity contribution is 7.88. The zero-order chi connectivity index (χ0) is 32.4. The third-order valence-corrected chi connectivity index (χ3v) is 9.63. The second-order valence-corrected chi connectivity index (χ2v) is 14.1. The smallest absolute Gasteiger partial charge is 0.274 e. The second-order valence-electron chi connectivity index (χ2n) is 12.0. The van der Waals surface area contributed by atoms with E-state index in [-0.39, 0.29) is 52.5 Å². The number of hydrogen-bond acceptors (Lipinski definition) is 5. The molecule has 8 nitrogen and oxygen atoms in total. The maximum Gasteiger partial charge on any atom is 0.274 e. The third kappa shape index (κ3) is 5.80. The van der Waals surface area contributed by atoms with E-state index in [0.29, 0.717) is 16.8 Å². The molecule has 1 aliphatic heterocycles. The molecule has 1 amide bonds. The van der Waals surface area contributed by atoms with Crippen LogP contribution in [0.3, 0.4) is 0 Å². The van der Waals surface area contributed by atoms with E-state index in [4.69, 9.17) is 11.6 Å². The molecule has 234 valence electrons. The Kier molecular flexibility index (Phi) is 7.91. The van der Waals surface area contributed by atoms with Gasteiger partial charge in [0.2, 0.25) is 10.0 Å². The molecule has 2 atom stereocenters. The lowest BCUT2D eigenvalue weighted by Gasteiger charge is -2.39. The normalized spacial score (nSPS) is 18.2. The van der Waals surface area contributed by atoms with Crippen LogP contribution in [0, 0.1) is 32.4 Å². The fraction of sp³-hybridized carbons (Fsp3) is 0.303. The summed E-state index contributed by atoms with van der Waals surface area (Å²) >= 11 is 6.66. The van der Waals surface area contributed by atoms with E-state index in [2.05, 4.69) is 34.0 Å². The number of aromatic nitrogens is 2. The minimum atomic E-state index is -3.46. The molecule has 1 unspecified atom stereocenters. The lowest BCUT2D eigenvalue weighted by molar-refractivity contribution is 0.0587. The fourth-order valence-electron chi connectivity index (χ4n) is 6.10. The first-order chi connectivity index (χ1) is 21.2. The van der Waals surface area contributed by atoms with Gasteiger partial charge >= 0.3 is 0 Å². The minimum absolute atomic E-state index is 0.00867. The van der Waals surface area contributed by atoms with Crippen LogP contribution >= 0.6 is 11.6 Å². The molecule has 0 bridgehead atoms. The number of rotatable bonds is 7. The molecule has 1 saturated carbocycles. The van der Waals surface area contributed by atoms with E-state index >= 15 is 8.78 Å². The van der Waals surface area contributed by atoms with Gasteiger partial charge in [-0.15, -0.1) is 0 Å². The van der Waals surface area contributed by atoms with Crippen LogP contribution < -0.4 is 10.3 Å². The lowest BCUT2D eigenvalue weighted by atomic mass is 10.0. The average Bonchev–Trinajstić information content (AvgIpc) is 3.75. The number of pyridine rings is 2. The van der Waals surface area contributed by atoms with Crippen LogP contribution in [0.4, 0.5) is 8.78 Å². The van der Waals surface area contributed by atoms with E-state index in [1.54, 1.807) is 19.9 Å². The first-order valence-corrected chi connectivity index (χ1v) is 16.7. The van der Waals surface area contributed by atoms with Gasteiger partial charge in [-0.2, -0.15) is 0 Å². The Bertz CT molecular complexity index is 2030. The number of likely N-dealkylation sites (tertiary alicyclic amines) is 1. The molecule has 45 heavy (non-hydrogen) atoms. The van der Waals surface area contributed by atoms with Crippen LogP contribution in [0.2, 0.25) is 5.02 Å². The summed E-state index contributed by atoms with van der Waals surface area (Å²) in [5.41, 5.74) is 2.25. The Balaban J connectivity index is 1.33. The van der Waals surface area contributed by atoms with Crippen LogP contribution in [0.15, 0.2) is 59.5 Å². The number of sulfonamides is 1. The Morgan fingerprint density at radius 1 is 1.02 bits per heavy atom. The van der Waals surface area contributed by atoms with Gasteiger partial charge in [0.05, 0.1) is 23.5 Å². The summed E-state index contributed by atoms with van der Waals surface area (Å²) in [7, 11) is -3.46. The van der Waals surface area contributed by atoms with Crippen molar-refractivity contribution in [3.05, 3.63) is 115 Å². The standard InChI is InChI=1S/C33H31ClF2N4O4S/c1-17-8-10-20(11-9-17)24-13-25(24)26-12-19(3)40(33(42)27(26)34)31-18(2)14-37-30(29(31)36)22-6-5-7-23(28(22)35)32(41)39-15-21(16-39)38-45(4,43)44/h5-12,14,21,24-25,38H,13,15-16H2,1-4H3/t24?,25-/m1/s1. The number of benzene rings is 2. The zero-order valence-corrected chi connectivity index (χ0v) is 26.6. The van der Waals surface area contributed by atoms with Crippen molar-refractivity contribution < 1.29 is 22.0 Å². The number of nitrogens with one attached hydrogen (secondary N) is 1. The summed E-state index contributed by atoms with van der Waals surface area (Å²) in [6.45, 7) is 5.46. The first-order valence-electron chi connectivity index (χ1n) is 14.4. The topological polar surface area (TPSA) is 101 Å². The zero-order valence-electron chi connectivity index (χ0n) is 25.1. The number of nitrogens with zero attached hydrogens (tertiary/aromatic N) is 3. The van der Waals surface area contributed by atoms with Crippen molar-refractivity contribution in [2.24, 2.45) is 0 Å². The molecular weight excluding hydrogens is 622 g/mol. The van der Waals surface area contributed by atoms with Gasteiger partial charge in [-0.1, -0.05) is 47.5 Å². The molecule has 1 saturated heterocycles. The van der Waals surface area contributed by atoms with E-state index in [1.807, 2.05) is 6.92 Å². The van der Waals surface area contributed by atoms with Gasteiger partial charge in [0.15, 0.2) is 5.82 Å². The highest BCUT2D eigenvalue weighted by Gasteiger charge is 2.41. The van der Waals surface area contributed by atoms with Crippen molar-refractivity contribution >= 4 is 27.5 Å². The molecule has 2 aromatic heterocycles. The highest BCUT2D eigenvalue weighted by atomic mass is 35.5. The van der Waals surface area contributed by atoms with Crippen LogP contribution in [0.5, 0.6) is 0 Å². The number of hydrogen-bond donors (Lipinski definition) is 1. The predicted octanol–water partition coefficient (Wildman–Crippen LogP) is 5.40.